The molecular formula is C14H9NO3. The highest BCUT2D eigenvalue weighted by atomic mass is 16.5. The molecule has 0 aliphatic rings. The molecule has 0 N–H and O–H groups in total. The van der Waals surface area contributed by atoms with Gasteiger partial charge >= 0.3 is 5.97 Å². The maximum Gasteiger partial charge on any atom is 0.336 e. The van der Waals surface area contributed by atoms with Crippen molar-refractivity contribution >= 4 is 12.0 Å². The van der Waals surface area contributed by atoms with Crippen LogP contribution in [0.5, 0.6) is 5.75 Å². The molecule has 1 heterocycles. The smallest absolute Gasteiger partial charge is 0.336 e. The summed E-state index contributed by atoms with van der Waals surface area (Å²) in [4.78, 5) is 11.5. The number of hydrogen-bond acceptors (Lipinski definition) is 4. The van der Waals surface area contributed by atoms with Gasteiger partial charge in [-0.25, -0.2) is 4.79 Å². The molecule has 2 rings (SSSR count). The van der Waals surface area contributed by atoms with Crippen molar-refractivity contribution in [2.45, 2.75) is 0 Å². The van der Waals surface area contributed by atoms with Crippen molar-refractivity contribution in [2.24, 2.45) is 0 Å². The normalized spacial score (nSPS) is 10.2. The van der Waals surface area contributed by atoms with Gasteiger partial charge in [-0.2, -0.15) is 5.26 Å². The number of carbonyl (C=O) groups excluding carboxylic acids is 1. The maximum absolute atomic E-state index is 11.5. The van der Waals surface area contributed by atoms with Gasteiger partial charge in [0.25, 0.3) is 0 Å². The van der Waals surface area contributed by atoms with Crippen LogP contribution in [0, 0.1) is 11.3 Å². The highest BCUT2D eigenvalue weighted by Gasteiger charge is 2.05. The van der Waals surface area contributed by atoms with Gasteiger partial charge in [0.1, 0.15) is 17.6 Å². The van der Waals surface area contributed by atoms with E-state index in [0.717, 1.165) is 0 Å². The van der Waals surface area contributed by atoms with E-state index in [2.05, 4.69) is 0 Å². The van der Waals surface area contributed by atoms with E-state index in [1.165, 1.54) is 18.4 Å². The van der Waals surface area contributed by atoms with E-state index in [9.17, 15) is 4.79 Å². The summed E-state index contributed by atoms with van der Waals surface area (Å²) < 4.78 is 10.1. The van der Waals surface area contributed by atoms with Crippen LogP contribution in [0.15, 0.2) is 53.2 Å². The Hall–Kier alpha value is -2.80. The summed E-state index contributed by atoms with van der Waals surface area (Å²) in [5, 5.41) is 8.84. The van der Waals surface area contributed by atoms with E-state index in [-0.39, 0.29) is 5.75 Å². The highest BCUT2D eigenvalue weighted by Crippen LogP contribution is 2.16. The van der Waals surface area contributed by atoms with E-state index in [1.807, 2.05) is 6.07 Å². The molecule has 0 amide bonds. The number of para-hydroxylation sites is 1. The van der Waals surface area contributed by atoms with Gasteiger partial charge in [-0.15, -0.1) is 0 Å². The number of ether oxygens (including phenoxy) is 1. The molecule has 18 heavy (non-hydrogen) atoms. The Morgan fingerprint density at radius 2 is 2.11 bits per heavy atom. The zero-order chi connectivity index (χ0) is 12.8. The molecular weight excluding hydrogens is 230 g/mol. The van der Waals surface area contributed by atoms with Crippen LogP contribution in [0.3, 0.4) is 0 Å². The van der Waals surface area contributed by atoms with E-state index in [4.69, 9.17) is 14.4 Å². The van der Waals surface area contributed by atoms with Gasteiger partial charge in [0, 0.05) is 6.08 Å². The number of furan rings is 1. The molecule has 88 valence electrons. The van der Waals surface area contributed by atoms with Crippen LogP contribution in [-0.4, -0.2) is 5.97 Å². The molecule has 0 unspecified atom stereocenters. The predicted molar refractivity (Wildman–Crippen MR) is 64.5 cm³/mol. The summed E-state index contributed by atoms with van der Waals surface area (Å²) >= 11 is 0. The number of benzene rings is 1. The van der Waals surface area contributed by atoms with Crippen LogP contribution in [0.1, 0.15) is 11.3 Å². The molecule has 1 aromatic carbocycles. The first-order chi connectivity index (χ1) is 8.79. The van der Waals surface area contributed by atoms with Crippen LogP contribution in [0.2, 0.25) is 0 Å². The summed E-state index contributed by atoms with van der Waals surface area (Å²) in [6, 6.07) is 11.9. The Kier molecular flexibility index (Phi) is 3.57. The van der Waals surface area contributed by atoms with Crippen molar-refractivity contribution in [1.82, 2.24) is 0 Å². The first-order valence-electron chi connectivity index (χ1n) is 5.22. The molecule has 2 aromatic rings. The number of rotatable bonds is 3. The third-order valence-corrected chi connectivity index (χ3v) is 2.14. The Morgan fingerprint density at radius 3 is 2.83 bits per heavy atom. The molecule has 0 radical (unpaired) electrons. The van der Waals surface area contributed by atoms with Crippen molar-refractivity contribution in [3.05, 3.63) is 60.1 Å². The van der Waals surface area contributed by atoms with Gasteiger partial charge < -0.3 is 9.15 Å². The standard InChI is InChI=1S/C14H9NO3/c15-10-11-4-1-2-6-13(11)18-14(16)8-7-12-5-3-9-17-12/h1-9H. The van der Waals surface area contributed by atoms with Gasteiger partial charge in [-0.05, 0) is 30.3 Å². The third kappa shape index (κ3) is 2.86. The van der Waals surface area contributed by atoms with Gasteiger partial charge in [-0.3, -0.25) is 0 Å². The van der Waals surface area contributed by atoms with E-state index in [0.29, 0.717) is 11.3 Å². The highest BCUT2D eigenvalue weighted by molar-refractivity contribution is 5.88. The molecule has 0 fully saturated rings. The van der Waals surface area contributed by atoms with E-state index < -0.39 is 5.97 Å². The lowest BCUT2D eigenvalue weighted by atomic mass is 10.2. The number of hydrogen-bond donors (Lipinski definition) is 0. The number of carbonyl (C=O) groups is 1. The molecule has 1 aromatic heterocycles. The summed E-state index contributed by atoms with van der Waals surface area (Å²) in [6.07, 6.45) is 4.25. The Morgan fingerprint density at radius 1 is 1.28 bits per heavy atom. The van der Waals surface area contributed by atoms with Gasteiger partial charge in [0.05, 0.1) is 11.8 Å². The molecule has 0 saturated carbocycles. The minimum Gasteiger partial charge on any atom is -0.465 e. The van der Waals surface area contributed by atoms with Crippen LogP contribution < -0.4 is 4.74 Å². The lowest BCUT2D eigenvalue weighted by molar-refractivity contribution is -0.128. The topological polar surface area (TPSA) is 63.2 Å². The molecule has 4 heteroatoms. The Balaban J connectivity index is 2.06. The predicted octanol–water partition coefficient (Wildman–Crippen LogP) is 2.77. The minimum atomic E-state index is -0.561. The zero-order valence-corrected chi connectivity index (χ0v) is 9.37. The van der Waals surface area contributed by atoms with Crippen LogP contribution >= 0.6 is 0 Å². The second-order valence-electron chi connectivity index (χ2n) is 3.38. The lowest BCUT2D eigenvalue weighted by Crippen LogP contribution is -2.04. The van der Waals surface area contributed by atoms with Crippen molar-refractivity contribution < 1.29 is 13.9 Å². The number of nitriles is 1. The lowest BCUT2D eigenvalue weighted by Gasteiger charge is -2.02. The van der Waals surface area contributed by atoms with Gasteiger partial charge in [-0.1, -0.05) is 12.1 Å². The summed E-state index contributed by atoms with van der Waals surface area (Å²) in [6.45, 7) is 0. The fourth-order valence-corrected chi connectivity index (χ4v) is 1.33. The summed E-state index contributed by atoms with van der Waals surface area (Å²) in [5.74, 6) is 0.240. The van der Waals surface area contributed by atoms with Crippen LogP contribution in [0.4, 0.5) is 0 Å². The van der Waals surface area contributed by atoms with Crippen molar-refractivity contribution in [3.8, 4) is 11.8 Å². The van der Waals surface area contributed by atoms with Crippen molar-refractivity contribution in [2.75, 3.05) is 0 Å². The van der Waals surface area contributed by atoms with Crippen molar-refractivity contribution in [3.63, 3.8) is 0 Å². The SMILES string of the molecule is N#Cc1ccccc1OC(=O)C=Cc1ccco1. The van der Waals surface area contributed by atoms with Gasteiger partial charge in [0.2, 0.25) is 0 Å². The van der Waals surface area contributed by atoms with Crippen LogP contribution in [0.25, 0.3) is 6.08 Å². The first kappa shape index (κ1) is 11.7. The molecule has 0 spiro atoms. The molecule has 4 nitrogen and oxygen atoms in total. The average Bonchev–Trinajstić information content (AvgIpc) is 2.90. The summed E-state index contributed by atoms with van der Waals surface area (Å²) in [7, 11) is 0. The Bertz CT molecular complexity index is 606. The molecule has 0 aliphatic heterocycles. The number of esters is 1. The molecule has 0 atom stereocenters. The second kappa shape index (κ2) is 5.51. The molecule has 0 saturated heterocycles. The monoisotopic (exact) mass is 239 g/mol. The quantitative estimate of drug-likeness (QED) is 0.469. The number of nitrogens with zero attached hydrogens (tertiary/aromatic N) is 1. The van der Waals surface area contributed by atoms with Gasteiger partial charge in [0.15, 0.2) is 0 Å². The Labute approximate surface area is 104 Å². The summed E-state index contributed by atoms with van der Waals surface area (Å²) in [5.41, 5.74) is 0.317. The maximum atomic E-state index is 11.5. The van der Waals surface area contributed by atoms with Crippen molar-refractivity contribution in [1.29, 1.82) is 5.26 Å². The first-order valence-corrected chi connectivity index (χ1v) is 5.22. The second-order valence-corrected chi connectivity index (χ2v) is 3.38. The minimum absolute atomic E-state index is 0.245. The molecule has 0 aliphatic carbocycles. The average molecular weight is 239 g/mol. The molecule has 0 bridgehead atoms. The van der Waals surface area contributed by atoms with E-state index >= 15 is 0 Å². The fraction of sp³-hybridized carbons (Fsp3) is 0. The third-order valence-electron chi connectivity index (χ3n) is 2.14. The fourth-order valence-electron chi connectivity index (χ4n) is 1.33. The zero-order valence-electron chi connectivity index (χ0n) is 9.37. The largest absolute Gasteiger partial charge is 0.465 e. The van der Waals surface area contributed by atoms with Crippen LogP contribution in [-0.2, 0) is 4.79 Å². The van der Waals surface area contributed by atoms with E-state index in [1.54, 1.807) is 36.4 Å².